The first-order chi connectivity index (χ1) is 16.8. The number of nitrogens with one attached hydrogen (secondary N) is 1. The summed E-state index contributed by atoms with van der Waals surface area (Å²) in [5.74, 6) is 0.954. The summed E-state index contributed by atoms with van der Waals surface area (Å²) >= 11 is 0. The maximum atomic E-state index is 13.6. The fourth-order valence-electron chi connectivity index (χ4n) is 3.77. The van der Waals surface area contributed by atoms with Gasteiger partial charge in [-0.15, -0.1) is 0 Å². The molecule has 2 atom stereocenters. The van der Waals surface area contributed by atoms with E-state index in [-0.39, 0.29) is 24.8 Å². The molecule has 4 rings (SSSR count). The lowest BCUT2D eigenvalue weighted by Crippen LogP contribution is -2.34. The van der Waals surface area contributed by atoms with Gasteiger partial charge in [-0.2, -0.15) is 5.26 Å². The minimum atomic E-state index is -0.899. The first-order valence-electron chi connectivity index (χ1n) is 11.4. The molecule has 1 N–H and O–H groups in total. The van der Waals surface area contributed by atoms with Crippen LogP contribution >= 0.6 is 0 Å². The quantitative estimate of drug-likeness (QED) is 0.526. The van der Waals surface area contributed by atoms with Gasteiger partial charge in [0.15, 0.2) is 5.78 Å². The lowest BCUT2D eigenvalue weighted by Gasteiger charge is -2.18. The van der Waals surface area contributed by atoms with Gasteiger partial charge in [-0.25, -0.2) is 19.3 Å². The van der Waals surface area contributed by atoms with Crippen LogP contribution < -0.4 is 10.2 Å². The zero-order chi connectivity index (χ0) is 24.9. The van der Waals surface area contributed by atoms with Crippen molar-refractivity contribution in [3.8, 4) is 17.3 Å². The van der Waals surface area contributed by atoms with Crippen LogP contribution in [0.3, 0.4) is 0 Å². The van der Waals surface area contributed by atoms with Crippen molar-refractivity contribution in [1.82, 2.24) is 24.8 Å². The first-order valence-corrected chi connectivity index (χ1v) is 11.4. The maximum absolute atomic E-state index is 13.6. The molecule has 1 saturated heterocycles. The summed E-state index contributed by atoms with van der Waals surface area (Å²) in [5.41, 5.74) is 3.00. The second kappa shape index (κ2) is 10.5. The Morgan fingerprint density at radius 2 is 2.11 bits per heavy atom. The number of nitriles is 1. The lowest BCUT2D eigenvalue weighted by atomic mass is 10.1. The molecule has 0 spiro atoms. The summed E-state index contributed by atoms with van der Waals surface area (Å²) in [6, 6.07) is 9.05. The van der Waals surface area contributed by atoms with E-state index in [0.29, 0.717) is 52.9 Å². The Bertz CT molecular complexity index is 1240. The number of anilines is 3. The normalized spacial score (nSPS) is 16.2. The van der Waals surface area contributed by atoms with Gasteiger partial charge < -0.3 is 10.2 Å². The van der Waals surface area contributed by atoms with Gasteiger partial charge in [0.2, 0.25) is 5.95 Å². The van der Waals surface area contributed by atoms with E-state index < -0.39 is 6.17 Å². The molecule has 35 heavy (non-hydrogen) atoms. The molecule has 1 aliphatic rings. The van der Waals surface area contributed by atoms with Gasteiger partial charge in [-0.3, -0.25) is 14.7 Å². The van der Waals surface area contributed by atoms with Crippen molar-refractivity contribution in [3.05, 3.63) is 54.1 Å². The zero-order valence-electron chi connectivity index (χ0n) is 19.9. The smallest absolute Gasteiger partial charge is 0.227 e. The van der Waals surface area contributed by atoms with Crippen LogP contribution in [0.25, 0.3) is 11.3 Å². The molecule has 3 aromatic heterocycles. The number of halogens is 1. The third-order valence-corrected chi connectivity index (χ3v) is 6.05. The molecule has 0 aliphatic carbocycles. The molecule has 1 unspecified atom stereocenters. The number of hydrogen-bond acceptors (Lipinski definition) is 9. The van der Waals surface area contributed by atoms with Gasteiger partial charge >= 0.3 is 0 Å². The van der Waals surface area contributed by atoms with Crippen molar-refractivity contribution in [2.45, 2.75) is 32.0 Å². The van der Waals surface area contributed by atoms with Crippen LogP contribution in [0.15, 0.2) is 42.9 Å². The molecule has 180 valence electrons. The monoisotopic (exact) mass is 474 g/mol. The predicted octanol–water partition coefficient (Wildman–Crippen LogP) is 3.16. The number of nitrogens with zero attached hydrogens (tertiary/aromatic N) is 7. The molecule has 9 nitrogen and oxygen atoms in total. The van der Waals surface area contributed by atoms with Crippen molar-refractivity contribution < 1.29 is 9.18 Å². The Balaban J connectivity index is 1.47. The van der Waals surface area contributed by atoms with Crippen molar-refractivity contribution in [3.63, 3.8) is 0 Å². The van der Waals surface area contributed by atoms with E-state index in [2.05, 4.69) is 31.3 Å². The fourth-order valence-corrected chi connectivity index (χ4v) is 3.77. The molecule has 1 fully saturated rings. The Hall–Kier alpha value is -3.97. The van der Waals surface area contributed by atoms with Gasteiger partial charge in [0, 0.05) is 30.2 Å². The number of rotatable bonds is 8. The Morgan fingerprint density at radius 3 is 2.77 bits per heavy atom. The third-order valence-electron chi connectivity index (χ3n) is 6.05. The number of Topliss-reactive ketones (excluding diaryl/α,β-unsaturated/α-hetero) is 1. The van der Waals surface area contributed by atoms with E-state index in [1.807, 2.05) is 32.0 Å². The molecule has 0 radical (unpaired) electrons. The molecule has 1 aliphatic heterocycles. The average Bonchev–Trinajstić information content (AvgIpc) is 3.30. The fraction of sp³-hybridized carbons (Fsp3) is 0.360. The molecule has 0 aromatic carbocycles. The summed E-state index contributed by atoms with van der Waals surface area (Å²) < 4.78 is 13.6. The Labute approximate surface area is 203 Å². The number of ketones is 1. The van der Waals surface area contributed by atoms with E-state index >= 15 is 0 Å². The van der Waals surface area contributed by atoms with Crippen LogP contribution in [0, 0.1) is 11.3 Å². The minimum absolute atomic E-state index is 0.102. The molecule has 4 heterocycles. The molecule has 3 aromatic rings. The van der Waals surface area contributed by atoms with Crippen molar-refractivity contribution >= 4 is 23.2 Å². The number of carbonyl (C=O) groups excluding carboxylic acids is 1. The minimum Gasteiger partial charge on any atom is -0.352 e. The van der Waals surface area contributed by atoms with Gasteiger partial charge in [-0.05, 0) is 51.7 Å². The van der Waals surface area contributed by atoms with Crippen LogP contribution in [-0.2, 0) is 11.2 Å². The number of aromatic nitrogens is 4. The van der Waals surface area contributed by atoms with Crippen LogP contribution in [0.4, 0.5) is 21.8 Å². The molecular formula is C25H27FN8O. The van der Waals surface area contributed by atoms with Crippen molar-refractivity contribution in [1.29, 1.82) is 5.26 Å². The zero-order valence-corrected chi connectivity index (χ0v) is 19.9. The number of likely N-dealkylation sites (N-methyl/N-ethyl adjacent to an activating group) is 1. The van der Waals surface area contributed by atoms with E-state index in [9.17, 15) is 14.4 Å². The van der Waals surface area contributed by atoms with Crippen LogP contribution in [0.2, 0.25) is 0 Å². The Morgan fingerprint density at radius 1 is 1.29 bits per heavy atom. The lowest BCUT2D eigenvalue weighted by molar-refractivity contribution is -0.122. The van der Waals surface area contributed by atoms with Crippen LogP contribution in [0.5, 0.6) is 0 Å². The predicted molar refractivity (Wildman–Crippen MR) is 131 cm³/mol. The van der Waals surface area contributed by atoms with Gasteiger partial charge in [0.1, 0.15) is 18.1 Å². The van der Waals surface area contributed by atoms with Gasteiger partial charge in [-0.1, -0.05) is 0 Å². The number of pyridine rings is 2. The molecule has 0 amide bonds. The SMILES string of the molecule is CC(C(=O)Cc1ccc(Nc2nccc(-c3cnc(N4CC[C@H](F)C4)c(C#N)c3)n2)cn1)N(C)C. The van der Waals surface area contributed by atoms with Gasteiger partial charge in [0.25, 0.3) is 0 Å². The van der Waals surface area contributed by atoms with Gasteiger partial charge in [0.05, 0.1) is 42.1 Å². The second-order valence-electron chi connectivity index (χ2n) is 8.75. The number of hydrogen-bond donors (Lipinski definition) is 1. The summed E-state index contributed by atoms with van der Waals surface area (Å²) in [7, 11) is 3.74. The van der Waals surface area contributed by atoms with Crippen molar-refractivity contribution in [2.24, 2.45) is 0 Å². The first kappa shape index (κ1) is 24.2. The molecule has 10 heteroatoms. The highest BCUT2D eigenvalue weighted by Crippen LogP contribution is 2.27. The van der Waals surface area contributed by atoms with Crippen LogP contribution in [0.1, 0.15) is 24.6 Å². The summed E-state index contributed by atoms with van der Waals surface area (Å²) in [5, 5.41) is 12.7. The topological polar surface area (TPSA) is 111 Å². The standard InChI is InChI=1S/C25H27FN8O/c1-16(33(2)3)23(35)11-20-4-5-21(14-29-20)31-25-28-8-6-22(32-25)18-10-17(12-27)24(30-13-18)34-9-7-19(26)15-34/h4-6,8,10,13-14,16,19H,7,9,11,15H2,1-3H3,(H,28,31,32)/t16?,19-/m0/s1. The second-order valence-corrected chi connectivity index (χ2v) is 8.75. The molecular weight excluding hydrogens is 447 g/mol. The maximum Gasteiger partial charge on any atom is 0.227 e. The summed E-state index contributed by atoms with van der Waals surface area (Å²) in [6.07, 6.45) is 4.69. The molecule has 0 bridgehead atoms. The number of carbonyl (C=O) groups is 1. The summed E-state index contributed by atoms with van der Waals surface area (Å²) in [6.45, 7) is 2.66. The number of alkyl halides is 1. The van der Waals surface area contributed by atoms with Crippen molar-refractivity contribution in [2.75, 3.05) is 37.4 Å². The van der Waals surface area contributed by atoms with E-state index in [4.69, 9.17) is 0 Å². The van der Waals surface area contributed by atoms with E-state index in [1.165, 1.54) is 0 Å². The largest absolute Gasteiger partial charge is 0.352 e. The average molecular weight is 475 g/mol. The highest BCUT2D eigenvalue weighted by molar-refractivity contribution is 5.85. The highest BCUT2D eigenvalue weighted by Gasteiger charge is 2.25. The summed E-state index contributed by atoms with van der Waals surface area (Å²) in [4.78, 5) is 33.6. The van der Waals surface area contributed by atoms with E-state index in [0.717, 1.165) is 0 Å². The molecule has 0 saturated carbocycles. The Kier molecular flexibility index (Phi) is 7.27. The third kappa shape index (κ3) is 5.75. The van der Waals surface area contributed by atoms with E-state index in [1.54, 1.807) is 41.7 Å². The highest BCUT2D eigenvalue weighted by atomic mass is 19.1. The van der Waals surface area contributed by atoms with Crippen LogP contribution in [-0.4, -0.2) is 70.0 Å².